The monoisotopic (exact) mass is 439 g/mol. The third kappa shape index (κ3) is 5.52. The largest absolute Gasteiger partial charge is 0.493 e. The van der Waals surface area contributed by atoms with E-state index in [0.717, 1.165) is 34.6 Å². The van der Waals surface area contributed by atoms with Gasteiger partial charge in [0.25, 0.3) is 5.91 Å². The zero-order chi connectivity index (χ0) is 21.5. The van der Waals surface area contributed by atoms with Crippen molar-refractivity contribution in [1.29, 1.82) is 0 Å². The quantitative estimate of drug-likeness (QED) is 0.222. The number of carbonyl (C=O) groups excluding carboxylic acids is 1. The predicted octanol–water partition coefficient (Wildman–Crippen LogP) is 5.54. The van der Waals surface area contributed by atoms with Gasteiger partial charge in [-0.05, 0) is 48.7 Å². The van der Waals surface area contributed by atoms with Crippen LogP contribution in [0.2, 0.25) is 0 Å². The topological polar surface area (TPSA) is 38.8 Å². The molecule has 0 radical (unpaired) electrons. The normalized spacial score (nSPS) is 15.0. The fourth-order valence-electron chi connectivity index (χ4n) is 3.08. The molecule has 30 heavy (non-hydrogen) atoms. The summed E-state index contributed by atoms with van der Waals surface area (Å²) in [5.41, 5.74) is 3.18. The van der Waals surface area contributed by atoms with Crippen LogP contribution in [0.5, 0.6) is 11.5 Å². The molecule has 0 bridgehead atoms. The minimum Gasteiger partial charge on any atom is -0.493 e. The minimum atomic E-state index is -0.0835. The van der Waals surface area contributed by atoms with Crippen molar-refractivity contribution in [3.63, 3.8) is 0 Å². The van der Waals surface area contributed by atoms with E-state index < -0.39 is 0 Å². The van der Waals surface area contributed by atoms with Gasteiger partial charge in [0.15, 0.2) is 0 Å². The standard InChI is InChI=1S/C24H25NO3S2/c1-4-12-25-23(26)21(30-24(25)29)16-19-10-6-11-20(15-19)27-13-7-14-28-22-17(2)8-5-9-18(22)3/h4-6,8-11,15-16H,1,7,12-14H2,2-3H3/b21-16+. The first kappa shape index (κ1) is 22.1. The van der Waals surface area contributed by atoms with E-state index in [2.05, 4.69) is 32.6 Å². The number of benzene rings is 2. The Bertz CT molecular complexity index is 964. The van der Waals surface area contributed by atoms with Crippen LogP contribution in [0.15, 0.2) is 60.0 Å². The highest BCUT2D eigenvalue weighted by atomic mass is 32.2. The fraction of sp³-hybridized carbons (Fsp3) is 0.250. The summed E-state index contributed by atoms with van der Waals surface area (Å²) >= 11 is 6.59. The zero-order valence-electron chi connectivity index (χ0n) is 17.2. The molecular weight excluding hydrogens is 414 g/mol. The molecule has 0 unspecified atom stereocenters. The second-order valence-corrected chi connectivity index (χ2v) is 8.60. The van der Waals surface area contributed by atoms with Gasteiger partial charge in [0.05, 0.1) is 18.1 Å². The molecule has 1 aliphatic heterocycles. The Morgan fingerprint density at radius 1 is 1.10 bits per heavy atom. The van der Waals surface area contributed by atoms with Crippen LogP contribution in [0.4, 0.5) is 0 Å². The summed E-state index contributed by atoms with van der Waals surface area (Å²) in [4.78, 5) is 14.6. The molecule has 3 rings (SSSR count). The van der Waals surface area contributed by atoms with E-state index in [0.29, 0.717) is 29.0 Å². The summed E-state index contributed by atoms with van der Waals surface area (Å²) in [5.74, 6) is 1.63. The Labute approximate surface area is 187 Å². The Balaban J connectivity index is 1.53. The van der Waals surface area contributed by atoms with Crippen LogP contribution in [0.3, 0.4) is 0 Å². The number of rotatable bonds is 9. The summed E-state index contributed by atoms with van der Waals surface area (Å²) in [7, 11) is 0. The van der Waals surface area contributed by atoms with Crippen molar-refractivity contribution >= 4 is 40.3 Å². The molecule has 0 spiro atoms. The van der Waals surface area contributed by atoms with Crippen LogP contribution in [0, 0.1) is 13.8 Å². The van der Waals surface area contributed by atoms with Crippen molar-refractivity contribution in [3.05, 3.63) is 76.7 Å². The van der Waals surface area contributed by atoms with Gasteiger partial charge in [0.1, 0.15) is 15.8 Å². The van der Waals surface area contributed by atoms with E-state index in [9.17, 15) is 4.79 Å². The van der Waals surface area contributed by atoms with Crippen molar-refractivity contribution in [2.24, 2.45) is 0 Å². The van der Waals surface area contributed by atoms with Gasteiger partial charge < -0.3 is 9.47 Å². The molecule has 156 valence electrons. The SMILES string of the molecule is C=CCN1C(=O)/C(=C\c2cccc(OCCCOc3c(C)cccc3C)c2)SC1=S. The number of aryl methyl sites for hydroxylation is 2. The lowest BCUT2D eigenvalue weighted by molar-refractivity contribution is -0.121. The van der Waals surface area contributed by atoms with Crippen molar-refractivity contribution in [2.75, 3.05) is 19.8 Å². The molecule has 0 saturated carbocycles. The highest BCUT2D eigenvalue weighted by Gasteiger charge is 2.30. The number of ether oxygens (including phenoxy) is 2. The number of thiocarbonyl (C=S) groups is 1. The van der Waals surface area contributed by atoms with Crippen molar-refractivity contribution in [2.45, 2.75) is 20.3 Å². The summed E-state index contributed by atoms with van der Waals surface area (Å²) in [6.45, 7) is 9.35. The maximum Gasteiger partial charge on any atom is 0.266 e. The molecule has 0 N–H and O–H groups in total. The molecule has 0 aliphatic carbocycles. The molecule has 6 heteroatoms. The van der Waals surface area contributed by atoms with Crippen LogP contribution in [-0.2, 0) is 4.79 Å². The highest BCUT2D eigenvalue weighted by Crippen LogP contribution is 2.32. The van der Waals surface area contributed by atoms with Gasteiger partial charge in [-0.1, -0.05) is 60.4 Å². The number of hydrogen-bond donors (Lipinski definition) is 0. The number of amides is 1. The number of thioether (sulfide) groups is 1. The average Bonchev–Trinajstić information content (AvgIpc) is 2.98. The van der Waals surface area contributed by atoms with Crippen LogP contribution in [0.25, 0.3) is 6.08 Å². The Hall–Kier alpha value is -2.57. The van der Waals surface area contributed by atoms with E-state index in [4.69, 9.17) is 21.7 Å². The van der Waals surface area contributed by atoms with Crippen LogP contribution in [0.1, 0.15) is 23.1 Å². The number of nitrogens with zero attached hydrogens (tertiary/aromatic N) is 1. The van der Waals surface area contributed by atoms with E-state index in [1.807, 2.05) is 36.4 Å². The first-order valence-electron chi connectivity index (χ1n) is 9.77. The van der Waals surface area contributed by atoms with Crippen LogP contribution < -0.4 is 9.47 Å². The molecule has 1 fully saturated rings. The molecule has 2 aromatic rings. The van der Waals surface area contributed by atoms with Crippen LogP contribution in [-0.4, -0.2) is 34.9 Å². The highest BCUT2D eigenvalue weighted by molar-refractivity contribution is 8.26. The van der Waals surface area contributed by atoms with Gasteiger partial charge in [-0.15, -0.1) is 6.58 Å². The Morgan fingerprint density at radius 2 is 1.80 bits per heavy atom. The van der Waals surface area contributed by atoms with E-state index in [1.165, 1.54) is 11.8 Å². The van der Waals surface area contributed by atoms with Gasteiger partial charge in [0.2, 0.25) is 0 Å². The lowest BCUT2D eigenvalue weighted by Gasteiger charge is -2.12. The maximum atomic E-state index is 12.5. The predicted molar refractivity (Wildman–Crippen MR) is 128 cm³/mol. The smallest absolute Gasteiger partial charge is 0.266 e. The molecule has 2 aromatic carbocycles. The van der Waals surface area contributed by atoms with E-state index in [-0.39, 0.29) is 5.91 Å². The minimum absolute atomic E-state index is 0.0835. The number of carbonyl (C=O) groups is 1. The van der Waals surface area contributed by atoms with Crippen molar-refractivity contribution < 1.29 is 14.3 Å². The second kappa shape index (κ2) is 10.5. The van der Waals surface area contributed by atoms with Crippen LogP contribution >= 0.6 is 24.0 Å². The molecule has 1 aliphatic rings. The molecule has 1 amide bonds. The number of para-hydroxylation sites is 1. The van der Waals surface area contributed by atoms with Gasteiger partial charge in [-0.3, -0.25) is 9.69 Å². The second-order valence-electron chi connectivity index (χ2n) is 6.92. The molecule has 1 saturated heterocycles. The van der Waals surface area contributed by atoms with Gasteiger partial charge in [-0.2, -0.15) is 0 Å². The fourth-order valence-corrected chi connectivity index (χ4v) is 4.36. The van der Waals surface area contributed by atoms with E-state index >= 15 is 0 Å². The third-order valence-electron chi connectivity index (χ3n) is 4.55. The van der Waals surface area contributed by atoms with Crippen molar-refractivity contribution in [3.8, 4) is 11.5 Å². The van der Waals surface area contributed by atoms with Gasteiger partial charge >= 0.3 is 0 Å². The third-order valence-corrected chi connectivity index (χ3v) is 5.93. The Morgan fingerprint density at radius 3 is 2.53 bits per heavy atom. The first-order chi connectivity index (χ1) is 14.5. The maximum absolute atomic E-state index is 12.5. The Kier molecular flexibility index (Phi) is 7.71. The summed E-state index contributed by atoms with van der Waals surface area (Å²) < 4.78 is 12.3. The molecule has 1 heterocycles. The molecule has 0 aromatic heterocycles. The lowest BCUT2D eigenvalue weighted by Crippen LogP contribution is -2.27. The number of hydrogen-bond acceptors (Lipinski definition) is 5. The zero-order valence-corrected chi connectivity index (χ0v) is 18.9. The van der Waals surface area contributed by atoms with Crippen molar-refractivity contribution in [1.82, 2.24) is 4.90 Å². The lowest BCUT2D eigenvalue weighted by atomic mass is 10.1. The van der Waals surface area contributed by atoms with Gasteiger partial charge in [0, 0.05) is 13.0 Å². The average molecular weight is 440 g/mol. The van der Waals surface area contributed by atoms with Gasteiger partial charge in [-0.25, -0.2) is 0 Å². The molecular formula is C24H25NO3S2. The first-order valence-corrected chi connectivity index (χ1v) is 11.0. The summed E-state index contributed by atoms with van der Waals surface area (Å²) in [5, 5.41) is 0. The summed E-state index contributed by atoms with van der Waals surface area (Å²) in [6.07, 6.45) is 4.30. The van der Waals surface area contributed by atoms with E-state index in [1.54, 1.807) is 11.0 Å². The summed E-state index contributed by atoms with van der Waals surface area (Å²) in [6, 6.07) is 13.8. The molecule has 0 atom stereocenters. The molecule has 4 nitrogen and oxygen atoms in total.